The van der Waals surface area contributed by atoms with Crippen molar-refractivity contribution in [3.8, 4) is 0 Å². The topological polar surface area (TPSA) is 0 Å². The van der Waals surface area contributed by atoms with Crippen LogP contribution in [0.1, 0.15) is 5.56 Å². The Kier molecular flexibility index (Phi) is 10.0. The van der Waals surface area contributed by atoms with Gasteiger partial charge in [-0.1, -0.05) is 30.3 Å². The SMILES string of the molecule is [CH]1[CH][CH][CH][CH]1.[Co+3].[S-]/C=C(\[S-])c1ccccc1. The van der Waals surface area contributed by atoms with Gasteiger partial charge < -0.3 is 25.3 Å². The van der Waals surface area contributed by atoms with E-state index in [9.17, 15) is 0 Å². The first kappa shape index (κ1) is 15.9. The normalized spacial score (nSPS) is 14.6. The van der Waals surface area contributed by atoms with E-state index in [2.05, 4.69) is 0 Å². The monoisotopic (exact) mass is 290 g/mol. The van der Waals surface area contributed by atoms with Crippen LogP contribution in [-0.2, 0) is 42.0 Å². The molecule has 0 heterocycles. The minimum Gasteiger partial charge on any atom is -0.789 e. The van der Waals surface area contributed by atoms with Crippen molar-refractivity contribution in [1.29, 1.82) is 0 Å². The Labute approximate surface area is 120 Å². The van der Waals surface area contributed by atoms with Crippen LogP contribution in [-0.4, -0.2) is 0 Å². The molecule has 83 valence electrons. The van der Waals surface area contributed by atoms with E-state index in [0.29, 0.717) is 0 Å². The Morgan fingerprint density at radius 1 is 0.875 bits per heavy atom. The fourth-order valence-corrected chi connectivity index (χ4v) is 1.26. The van der Waals surface area contributed by atoms with Crippen LogP contribution in [0.2, 0.25) is 0 Å². The number of hydrogen-bond donors (Lipinski definition) is 0. The molecule has 0 amide bonds. The third-order valence-corrected chi connectivity index (χ3v) is 2.46. The van der Waals surface area contributed by atoms with E-state index in [1.165, 1.54) is 5.41 Å². The molecule has 1 saturated carbocycles. The van der Waals surface area contributed by atoms with Crippen molar-refractivity contribution >= 4 is 30.2 Å². The maximum atomic E-state index is 4.96. The Hall–Kier alpha value is -0.0935. The van der Waals surface area contributed by atoms with Crippen molar-refractivity contribution in [1.82, 2.24) is 0 Å². The fourth-order valence-electron chi connectivity index (χ4n) is 0.991. The summed E-state index contributed by atoms with van der Waals surface area (Å²) in [6.07, 6.45) is 10.0. The van der Waals surface area contributed by atoms with Gasteiger partial charge >= 0.3 is 16.8 Å². The Bertz CT molecular complexity index is 284. The van der Waals surface area contributed by atoms with E-state index in [0.717, 1.165) is 10.5 Å². The van der Waals surface area contributed by atoms with E-state index in [-0.39, 0.29) is 16.8 Å². The summed E-state index contributed by atoms with van der Waals surface area (Å²) in [4.78, 5) is 0.732. The summed E-state index contributed by atoms with van der Waals surface area (Å²) in [6, 6.07) is 9.74. The van der Waals surface area contributed by atoms with Crippen molar-refractivity contribution in [2.75, 3.05) is 0 Å². The van der Waals surface area contributed by atoms with Gasteiger partial charge in [-0.05, 0) is 37.7 Å². The maximum absolute atomic E-state index is 4.96. The fraction of sp³-hybridized carbons (Fsp3) is 0. The van der Waals surface area contributed by atoms with Crippen LogP contribution in [0.15, 0.2) is 35.7 Å². The van der Waals surface area contributed by atoms with E-state index in [1.54, 1.807) is 0 Å². The van der Waals surface area contributed by atoms with Crippen LogP contribution in [0, 0.1) is 32.1 Å². The molecule has 1 aliphatic rings. The second-order valence-electron chi connectivity index (χ2n) is 2.81. The van der Waals surface area contributed by atoms with Gasteiger partial charge in [-0.3, -0.25) is 0 Å². The first-order valence-corrected chi connectivity index (χ1v) is 5.44. The second-order valence-corrected chi connectivity index (χ2v) is 3.49. The van der Waals surface area contributed by atoms with Crippen LogP contribution >= 0.6 is 0 Å². The molecule has 3 heteroatoms. The van der Waals surface area contributed by atoms with Gasteiger partial charge in [-0.15, -0.1) is 0 Å². The molecular formula is C13H11CoS2+. The van der Waals surface area contributed by atoms with Gasteiger partial charge in [-0.25, -0.2) is 5.41 Å². The van der Waals surface area contributed by atoms with Crippen molar-refractivity contribution < 1.29 is 16.8 Å². The molecule has 16 heavy (non-hydrogen) atoms. The average Bonchev–Trinajstić information content (AvgIpc) is 2.88. The number of hydrogen-bond acceptors (Lipinski definition) is 2. The zero-order valence-corrected chi connectivity index (χ0v) is 11.2. The maximum Gasteiger partial charge on any atom is 3.00 e. The predicted octanol–water partition coefficient (Wildman–Crippen LogP) is 3.10. The Morgan fingerprint density at radius 2 is 1.31 bits per heavy atom. The number of rotatable bonds is 1. The van der Waals surface area contributed by atoms with E-state index >= 15 is 0 Å². The Balaban J connectivity index is 0.000000318. The van der Waals surface area contributed by atoms with Gasteiger partial charge in [0.05, 0.1) is 0 Å². The Morgan fingerprint density at radius 3 is 1.69 bits per heavy atom. The average molecular weight is 290 g/mol. The molecule has 1 aromatic rings. The van der Waals surface area contributed by atoms with Gasteiger partial charge in [0, 0.05) is 0 Å². The molecule has 0 nitrogen and oxygen atoms in total. The molecule has 1 fully saturated rings. The molecule has 0 aliphatic heterocycles. The molecule has 0 unspecified atom stereocenters. The first-order valence-electron chi connectivity index (χ1n) is 4.56. The zero-order chi connectivity index (χ0) is 10.9. The van der Waals surface area contributed by atoms with Crippen LogP contribution in [0.25, 0.3) is 4.91 Å². The largest absolute Gasteiger partial charge is 3.00 e. The molecule has 0 N–H and O–H groups in total. The van der Waals surface area contributed by atoms with Gasteiger partial charge in [0.1, 0.15) is 0 Å². The van der Waals surface area contributed by atoms with E-state index in [4.69, 9.17) is 25.3 Å². The molecule has 0 saturated heterocycles. The third kappa shape index (κ3) is 6.48. The summed E-state index contributed by atoms with van der Waals surface area (Å²) >= 11 is 9.65. The summed E-state index contributed by atoms with van der Waals surface area (Å²) in [5.74, 6) is 0. The molecule has 1 aromatic carbocycles. The minimum atomic E-state index is 0. The summed E-state index contributed by atoms with van der Waals surface area (Å²) in [5, 5.41) is 1.52. The molecular weight excluding hydrogens is 279 g/mol. The van der Waals surface area contributed by atoms with Gasteiger partial charge in [-0.2, -0.15) is 4.91 Å². The van der Waals surface area contributed by atoms with Crippen molar-refractivity contribution in [3.63, 3.8) is 0 Å². The minimum absolute atomic E-state index is 0. The van der Waals surface area contributed by atoms with Crippen molar-refractivity contribution in [2.24, 2.45) is 0 Å². The van der Waals surface area contributed by atoms with Crippen LogP contribution in [0.3, 0.4) is 0 Å². The van der Waals surface area contributed by atoms with Gasteiger partial charge in [0.25, 0.3) is 0 Å². The van der Waals surface area contributed by atoms with E-state index < -0.39 is 0 Å². The molecule has 2 rings (SSSR count). The summed E-state index contributed by atoms with van der Waals surface area (Å²) in [7, 11) is 0. The quantitative estimate of drug-likeness (QED) is 0.729. The van der Waals surface area contributed by atoms with E-state index in [1.807, 2.05) is 62.4 Å². The standard InChI is InChI=1S/C8H8S2.C5H5.Co/c9-6-8(10)7-4-2-1-3-5-7;1-2-4-5-3-1;/h1-6,9-10H;1-5H;/q;;+3/p-2/b8-6-;;. The first-order chi connectivity index (χ1) is 7.34. The van der Waals surface area contributed by atoms with Crippen LogP contribution < -0.4 is 0 Å². The van der Waals surface area contributed by atoms with Gasteiger partial charge in [0.2, 0.25) is 0 Å². The van der Waals surface area contributed by atoms with Crippen LogP contribution in [0.4, 0.5) is 0 Å². The van der Waals surface area contributed by atoms with Gasteiger partial charge in [0.15, 0.2) is 0 Å². The third-order valence-electron chi connectivity index (χ3n) is 1.72. The molecule has 5 radical (unpaired) electrons. The summed E-state index contributed by atoms with van der Waals surface area (Å²) < 4.78 is 0. The van der Waals surface area contributed by atoms with Crippen molar-refractivity contribution in [3.05, 3.63) is 73.4 Å². The molecule has 0 bridgehead atoms. The van der Waals surface area contributed by atoms with Crippen LogP contribution in [0.5, 0.6) is 0 Å². The molecule has 0 spiro atoms. The number of benzene rings is 1. The summed E-state index contributed by atoms with van der Waals surface area (Å²) in [6.45, 7) is 0. The smallest absolute Gasteiger partial charge is 0.789 e. The summed E-state index contributed by atoms with van der Waals surface area (Å²) in [5.41, 5.74) is 1.02. The van der Waals surface area contributed by atoms with Crippen molar-refractivity contribution in [2.45, 2.75) is 0 Å². The zero-order valence-electron chi connectivity index (χ0n) is 8.50. The molecule has 1 aliphatic carbocycles. The second kappa shape index (κ2) is 10.1. The predicted molar refractivity (Wildman–Crippen MR) is 70.6 cm³/mol. The molecule has 0 aromatic heterocycles. The molecule has 0 atom stereocenters.